The molecular weight excluding hydrogens is 561 g/mol. The van der Waals surface area contributed by atoms with Crippen molar-refractivity contribution in [1.29, 1.82) is 0 Å². The van der Waals surface area contributed by atoms with E-state index in [4.69, 9.17) is 29.6 Å². The van der Waals surface area contributed by atoms with Crippen molar-refractivity contribution in [3.63, 3.8) is 0 Å². The molecule has 4 aromatic rings. The first kappa shape index (κ1) is 31.0. The maximum atomic E-state index is 12.7. The summed E-state index contributed by atoms with van der Waals surface area (Å²) in [7, 11) is -1.24. The van der Waals surface area contributed by atoms with Crippen LogP contribution in [0.2, 0.25) is 0 Å². The quantitative estimate of drug-likeness (QED) is 0.159. The van der Waals surface area contributed by atoms with Crippen molar-refractivity contribution in [2.75, 3.05) is 7.11 Å². The fraction of sp³-hybridized carbons (Fsp3) is 0.267. The molecule has 1 aromatic heterocycles. The van der Waals surface area contributed by atoms with Gasteiger partial charge in [-0.2, -0.15) is 0 Å². The van der Waals surface area contributed by atoms with Gasteiger partial charge in [0.25, 0.3) is 5.56 Å². The molecule has 1 aliphatic heterocycles. The van der Waals surface area contributed by atoms with E-state index >= 15 is 0 Å². The zero-order chi connectivity index (χ0) is 30.5. The van der Waals surface area contributed by atoms with E-state index in [1.807, 2.05) is 60.7 Å². The van der Waals surface area contributed by atoms with E-state index in [1.165, 1.54) is 6.20 Å². The molecule has 3 atom stereocenters. The third-order valence-electron chi connectivity index (χ3n) is 7.44. The Labute approximate surface area is 242 Å². The normalized spacial score (nSPS) is 20.0. The smallest absolute Gasteiger partial charge is 0.497 e. The van der Waals surface area contributed by atoms with Crippen molar-refractivity contribution in [1.82, 2.24) is 9.55 Å². The number of aliphatic hydroxyl groups excluding tert-OH is 1. The number of hydrogen-bond donors (Lipinski definition) is 5. The Kier molecular flexibility index (Phi) is 9.53. The zero-order valence-corrected chi connectivity index (χ0v) is 24.0. The number of benzene rings is 3. The number of methoxy groups -OCH3 is 1. The Morgan fingerprint density at radius 2 is 1.50 bits per heavy atom. The summed E-state index contributed by atoms with van der Waals surface area (Å²) in [5.74, 6) is -0.899. The molecule has 6 N–H and O–H groups in total. The first-order valence-electron chi connectivity index (χ1n) is 13.1. The Hall–Kier alpha value is -3.96. The van der Waals surface area contributed by atoms with Gasteiger partial charge in [-0.05, 0) is 42.2 Å². The lowest BCUT2D eigenvalue weighted by Crippen LogP contribution is -2.51. The molecule has 0 amide bonds. The number of nitrogens with one attached hydrogen (secondary N) is 1. The van der Waals surface area contributed by atoms with Crippen LogP contribution < -0.4 is 21.7 Å². The molecule has 12 heteroatoms. The highest BCUT2D eigenvalue weighted by atomic mass is 31.1. The number of nitrogens with two attached hydrogens (primary N) is 1. The highest BCUT2D eigenvalue weighted by molar-refractivity contribution is 7.30. The monoisotopic (exact) mass is 594 g/mol. The number of aliphatic hydroxyl groups is 1. The highest BCUT2D eigenvalue weighted by Crippen LogP contribution is 2.46. The van der Waals surface area contributed by atoms with E-state index < -0.39 is 43.0 Å². The summed E-state index contributed by atoms with van der Waals surface area (Å²) in [6.07, 6.45) is -0.0112. The van der Waals surface area contributed by atoms with Gasteiger partial charge in [0.2, 0.25) is 5.85 Å². The SMILES string of the molecule is COc1ccc(C(C[C@H]2O[C@@](N)(n3cc(C)c(=O)[nH]c3=O)C[C@@H]2O)(c2ccccc2)c2ccccc2)cc1.O=[P+](O)O. The summed E-state index contributed by atoms with van der Waals surface area (Å²) < 4.78 is 21.6. The van der Waals surface area contributed by atoms with Gasteiger partial charge in [-0.1, -0.05) is 72.8 Å². The third-order valence-corrected chi connectivity index (χ3v) is 7.44. The molecule has 1 fully saturated rings. The molecule has 0 radical (unpaired) electrons. The van der Waals surface area contributed by atoms with Crippen molar-refractivity contribution < 1.29 is 28.9 Å². The molecule has 2 heterocycles. The topological polar surface area (TPSA) is 177 Å². The summed E-state index contributed by atoms with van der Waals surface area (Å²) in [6, 6.07) is 28.0. The Balaban J connectivity index is 0.000000952. The van der Waals surface area contributed by atoms with Crippen LogP contribution in [0.15, 0.2) is 101 Å². The molecule has 1 saturated heterocycles. The molecule has 3 aromatic carbocycles. The van der Waals surface area contributed by atoms with Gasteiger partial charge >= 0.3 is 13.9 Å². The summed E-state index contributed by atoms with van der Waals surface area (Å²) >= 11 is 0. The fourth-order valence-electron chi connectivity index (χ4n) is 5.48. The minimum atomic E-state index is -2.87. The average molecular weight is 595 g/mol. The lowest BCUT2D eigenvalue weighted by Gasteiger charge is -2.39. The highest BCUT2D eigenvalue weighted by Gasteiger charge is 2.50. The van der Waals surface area contributed by atoms with E-state index in [0.29, 0.717) is 12.0 Å². The van der Waals surface area contributed by atoms with Crippen LogP contribution in [0.4, 0.5) is 0 Å². The minimum Gasteiger partial charge on any atom is -0.497 e. The molecule has 0 unspecified atom stereocenters. The number of aromatic amines is 1. The second-order valence-corrected chi connectivity index (χ2v) is 10.5. The Morgan fingerprint density at radius 3 is 2.00 bits per heavy atom. The molecule has 0 aliphatic carbocycles. The summed E-state index contributed by atoms with van der Waals surface area (Å²) in [5, 5.41) is 11.3. The maximum absolute atomic E-state index is 12.7. The number of ether oxygens (including phenoxy) is 2. The van der Waals surface area contributed by atoms with E-state index in [0.717, 1.165) is 27.0 Å². The molecule has 5 rings (SSSR count). The number of aromatic nitrogens is 2. The average Bonchev–Trinajstić information content (AvgIpc) is 3.27. The second kappa shape index (κ2) is 12.9. The number of nitrogens with zero attached hydrogens (tertiary/aromatic N) is 1. The Bertz CT molecular complexity index is 1580. The third kappa shape index (κ3) is 6.42. The molecule has 0 bridgehead atoms. The predicted molar refractivity (Wildman–Crippen MR) is 156 cm³/mol. The van der Waals surface area contributed by atoms with Crippen molar-refractivity contribution in [3.8, 4) is 5.75 Å². The first-order valence-corrected chi connectivity index (χ1v) is 14.2. The molecule has 11 nitrogen and oxygen atoms in total. The van der Waals surface area contributed by atoms with E-state index in [2.05, 4.69) is 29.2 Å². The summed E-state index contributed by atoms with van der Waals surface area (Å²) in [5.41, 5.74) is 8.02. The van der Waals surface area contributed by atoms with Crippen LogP contribution in [-0.4, -0.2) is 43.8 Å². The number of rotatable bonds is 7. The number of hydrogen-bond acceptors (Lipinski definition) is 7. The molecule has 1 aliphatic rings. The molecule has 0 spiro atoms. The van der Waals surface area contributed by atoms with Gasteiger partial charge in [0.1, 0.15) is 5.75 Å². The molecule has 0 saturated carbocycles. The maximum Gasteiger partial charge on any atom is 0.692 e. The fourth-order valence-corrected chi connectivity index (χ4v) is 5.48. The zero-order valence-electron chi connectivity index (χ0n) is 23.1. The van der Waals surface area contributed by atoms with Crippen molar-refractivity contribution >= 4 is 8.25 Å². The van der Waals surface area contributed by atoms with Gasteiger partial charge in [-0.25, -0.2) is 4.79 Å². The van der Waals surface area contributed by atoms with Crippen molar-refractivity contribution in [2.24, 2.45) is 5.73 Å². The van der Waals surface area contributed by atoms with Gasteiger partial charge in [-0.15, -0.1) is 9.79 Å². The van der Waals surface area contributed by atoms with Crippen LogP contribution in [-0.2, 0) is 20.6 Å². The lowest BCUT2D eigenvalue weighted by atomic mass is 9.66. The standard InChI is InChI=1S/C30H31N3O5.HO3P/c1-20-19-33(28(36)32-27(20)35)30(31)17-25(34)26(38-30)18-29(21-9-5-3-6-10-21,22-11-7-4-8-12-22)23-13-15-24(37-2)16-14-23;1-4(2)3/h3-16,19,25-26,34H,17-18,31H2,1-2H3,(H,32,35,36);(H-,1,2,3)/p+1/t25-,26+,30-;/m0./s1. The largest absolute Gasteiger partial charge is 0.692 e. The van der Waals surface area contributed by atoms with Gasteiger partial charge in [0.15, 0.2) is 0 Å². The van der Waals surface area contributed by atoms with Crippen LogP contribution in [0.3, 0.4) is 0 Å². The van der Waals surface area contributed by atoms with Gasteiger partial charge in [0, 0.05) is 28.2 Å². The van der Waals surface area contributed by atoms with Crippen LogP contribution in [0.5, 0.6) is 5.75 Å². The van der Waals surface area contributed by atoms with E-state index in [-0.39, 0.29) is 6.42 Å². The minimum absolute atomic E-state index is 0.0225. The molecule has 42 heavy (non-hydrogen) atoms. The second-order valence-electron chi connectivity index (χ2n) is 10.0. The first-order chi connectivity index (χ1) is 20.0. The molecule has 220 valence electrons. The van der Waals surface area contributed by atoms with Crippen LogP contribution in [0.25, 0.3) is 0 Å². The van der Waals surface area contributed by atoms with Crippen LogP contribution >= 0.6 is 8.25 Å². The van der Waals surface area contributed by atoms with Gasteiger partial charge in [0.05, 0.1) is 19.3 Å². The lowest BCUT2D eigenvalue weighted by molar-refractivity contribution is -0.107. The number of aryl methyl sites for hydroxylation is 1. The van der Waals surface area contributed by atoms with Gasteiger partial charge < -0.3 is 14.6 Å². The molecular formula is C30H33N3O8P+. The van der Waals surface area contributed by atoms with Crippen molar-refractivity contribution in [2.45, 2.75) is 43.2 Å². The van der Waals surface area contributed by atoms with Gasteiger partial charge in [-0.3, -0.25) is 20.1 Å². The summed E-state index contributed by atoms with van der Waals surface area (Å²) in [6.45, 7) is 1.58. The Morgan fingerprint density at radius 1 is 1.00 bits per heavy atom. The van der Waals surface area contributed by atoms with Crippen LogP contribution in [0, 0.1) is 6.92 Å². The summed E-state index contributed by atoms with van der Waals surface area (Å²) in [4.78, 5) is 41.1. The predicted octanol–water partition coefficient (Wildman–Crippen LogP) is 2.63. The van der Waals surface area contributed by atoms with Crippen molar-refractivity contribution in [3.05, 3.63) is 134 Å². The van der Waals surface area contributed by atoms with Crippen LogP contribution in [0.1, 0.15) is 35.1 Å². The van der Waals surface area contributed by atoms with E-state index in [9.17, 15) is 14.7 Å². The number of H-pyrrole nitrogens is 1. The van der Waals surface area contributed by atoms with E-state index in [1.54, 1.807) is 14.0 Å².